The van der Waals surface area contributed by atoms with Crippen LogP contribution in [0.25, 0.3) is 0 Å². The lowest BCUT2D eigenvalue weighted by molar-refractivity contribution is 0.406. The van der Waals surface area contributed by atoms with Crippen LogP contribution in [0.5, 0.6) is 0 Å². The molecule has 1 heterocycles. The number of aliphatic imine (C=N–C) groups is 1. The van der Waals surface area contributed by atoms with Crippen LogP contribution in [0.4, 0.5) is 0 Å². The molecule has 0 amide bonds. The standard InChI is InChI=1S/C13H25N3S/c1-4-12-9-16(5-6-17-12)13(14-3)15-8-11-7-10(11)2/h10-12H,4-9H2,1-3H3,(H,14,15). The zero-order valence-electron chi connectivity index (χ0n) is 11.3. The Labute approximate surface area is 109 Å². The summed E-state index contributed by atoms with van der Waals surface area (Å²) in [6, 6.07) is 0. The minimum absolute atomic E-state index is 0.780. The molecule has 98 valence electrons. The average Bonchev–Trinajstić information content (AvgIpc) is 3.06. The molecule has 0 bridgehead atoms. The van der Waals surface area contributed by atoms with Gasteiger partial charge in [0, 0.05) is 37.7 Å². The molecule has 2 rings (SSSR count). The van der Waals surface area contributed by atoms with Crippen molar-refractivity contribution in [1.29, 1.82) is 0 Å². The SMILES string of the molecule is CCC1CN(C(=NC)NCC2CC2C)CCS1. The summed E-state index contributed by atoms with van der Waals surface area (Å²) in [6.07, 6.45) is 2.65. The normalized spacial score (nSPS) is 33.7. The van der Waals surface area contributed by atoms with Crippen molar-refractivity contribution in [3.63, 3.8) is 0 Å². The summed E-state index contributed by atoms with van der Waals surface area (Å²) in [5, 5.41) is 4.32. The molecule has 0 aromatic rings. The summed E-state index contributed by atoms with van der Waals surface area (Å²) in [5.74, 6) is 4.15. The molecule has 0 aromatic carbocycles. The Kier molecular flexibility index (Phi) is 4.60. The molecular weight excluding hydrogens is 230 g/mol. The van der Waals surface area contributed by atoms with Crippen molar-refractivity contribution in [1.82, 2.24) is 10.2 Å². The van der Waals surface area contributed by atoms with Gasteiger partial charge in [-0.2, -0.15) is 11.8 Å². The van der Waals surface area contributed by atoms with Crippen LogP contribution in [0.1, 0.15) is 26.7 Å². The van der Waals surface area contributed by atoms with E-state index >= 15 is 0 Å². The van der Waals surface area contributed by atoms with Gasteiger partial charge in [-0.25, -0.2) is 0 Å². The van der Waals surface area contributed by atoms with Gasteiger partial charge in [0.1, 0.15) is 0 Å². The molecule has 0 aromatic heterocycles. The van der Waals surface area contributed by atoms with E-state index in [0.717, 1.165) is 42.7 Å². The van der Waals surface area contributed by atoms with E-state index in [2.05, 4.69) is 40.8 Å². The molecule has 1 aliphatic carbocycles. The molecule has 0 radical (unpaired) electrons. The van der Waals surface area contributed by atoms with E-state index in [1.54, 1.807) is 0 Å². The Bertz CT molecular complexity index is 280. The van der Waals surface area contributed by atoms with Crippen molar-refractivity contribution >= 4 is 17.7 Å². The third-order valence-electron chi connectivity index (χ3n) is 3.90. The first-order chi connectivity index (χ1) is 8.24. The molecule has 1 saturated heterocycles. The second-order valence-electron chi connectivity index (χ2n) is 5.25. The van der Waals surface area contributed by atoms with E-state index < -0.39 is 0 Å². The summed E-state index contributed by atoms with van der Waals surface area (Å²) < 4.78 is 0. The molecule has 1 saturated carbocycles. The molecule has 2 aliphatic rings. The van der Waals surface area contributed by atoms with Crippen LogP contribution < -0.4 is 5.32 Å². The van der Waals surface area contributed by atoms with Crippen LogP contribution in [-0.4, -0.2) is 48.5 Å². The Morgan fingerprint density at radius 1 is 1.53 bits per heavy atom. The maximum absolute atomic E-state index is 4.43. The minimum atomic E-state index is 0.780. The van der Waals surface area contributed by atoms with Gasteiger partial charge in [0.2, 0.25) is 0 Å². The van der Waals surface area contributed by atoms with Crippen LogP contribution in [-0.2, 0) is 0 Å². The summed E-state index contributed by atoms with van der Waals surface area (Å²) in [7, 11) is 1.90. The van der Waals surface area contributed by atoms with Crippen molar-refractivity contribution in [3.05, 3.63) is 0 Å². The van der Waals surface area contributed by atoms with Crippen molar-refractivity contribution in [2.24, 2.45) is 16.8 Å². The van der Waals surface area contributed by atoms with Crippen LogP contribution >= 0.6 is 11.8 Å². The van der Waals surface area contributed by atoms with Gasteiger partial charge < -0.3 is 10.2 Å². The third-order valence-corrected chi connectivity index (χ3v) is 5.28. The zero-order valence-corrected chi connectivity index (χ0v) is 12.1. The monoisotopic (exact) mass is 255 g/mol. The third kappa shape index (κ3) is 3.54. The molecule has 1 aliphatic heterocycles. The lowest BCUT2D eigenvalue weighted by Gasteiger charge is -2.34. The molecule has 3 unspecified atom stereocenters. The van der Waals surface area contributed by atoms with Gasteiger partial charge in [0.25, 0.3) is 0 Å². The van der Waals surface area contributed by atoms with E-state index in [-0.39, 0.29) is 0 Å². The lowest BCUT2D eigenvalue weighted by Crippen LogP contribution is -2.48. The smallest absolute Gasteiger partial charge is 0.193 e. The van der Waals surface area contributed by atoms with Gasteiger partial charge in [0.15, 0.2) is 5.96 Å². The number of nitrogens with one attached hydrogen (secondary N) is 1. The second-order valence-corrected chi connectivity index (χ2v) is 6.66. The van der Waals surface area contributed by atoms with Crippen LogP contribution in [0, 0.1) is 11.8 Å². The molecule has 3 nitrogen and oxygen atoms in total. The predicted molar refractivity (Wildman–Crippen MR) is 76.7 cm³/mol. The summed E-state index contributed by atoms with van der Waals surface area (Å²) in [6.45, 7) is 8.01. The van der Waals surface area contributed by atoms with E-state index in [1.165, 1.54) is 18.6 Å². The largest absolute Gasteiger partial charge is 0.356 e. The summed E-state index contributed by atoms with van der Waals surface area (Å²) in [5.41, 5.74) is 0. The summed E-state index contributed by atoms with van der Waals surface area (Å²) >= 11 is 2.11. The highest BCUT2D eigenvalue weighted by atomic mass is 32.2. The number of hydrogen-bond acceptors (Lipinski definition) is 2. The van der Waals surface area contributed by atoms with Gasteiger partial charge in [0.05, 0.1) is 0 Å². The van der Waals surface area contributed by atoms with Gasteiger partial charge >= 0.3 is 0 Å². The van der Waals surface area contributed by atoms with E-state index in [0.29, 0.717) is 0 Å². The summed E-state index contributed by atoms with van der Waals surface area (Å²) in [4.78, 5) is 6.86. The molecule has 17 heavy (non-hydrogen) atoms. The van der Waals surface area contributed by atoms with Crippen molar-refractivity contribution in [2.75, 3.05) is 32.4 Å². The zero-order chi connectivity index (χ0) is 12.3. The lowest BCUT2D eigenvalue weighted by atomic mass is 10.3. The van der Waals surface area contributed by atoms with Crippen molar-refractivity contribution in [3.8, 4) is 0 Å². The van der Waals surface area contributed by atoms with E-state index in [9.17, 15) is 0 Å². The quantitative estimate of drug-likeness (QED) is 0.618. The first-order valence-corrected chi connectivity index (χ1v) is 7.86. The molecule has 0 spiro atoms. The highest BCUT2D eigenvalue weighted by Gasteiger charge is 2.32. The number of hydrogen-bond donors (Lipinski definition) is 1. The fraction of sp³-hybridized carbons (Fsp3) is 0.923. The molecule has 1 N–H and O–H groups in total. The average molecular weight is 255 g/mol. The number of rotatable bonds is 3. The van der Waals surface area contributed by atoms with Crippen molar-refractivity contribution < 1.29 is 0 Å². The second kappa shape index (κ2) is 5.98. The first-order valence-electron chi connectivity index (χ1n) is 6.81. The van der Waals surface area contributed by atoms with E-state index in [4.69, 9.17) is 0 Å². The number of nitrogens with zero attached hydrogens (tertiary/aromatic N) is 2. The van der Waals surface area contributed by atoms with Gasteiger partial charge in [-0.15, -0.1) is 0 Å². The fourth-order valence-electron chi connectivity index (χ4n) is 2.40. The topological polar surface area (TPSA) is 27.6 Å². The highest BCUT2D eigenvalue weighted by Crippen LogP contribution is 2.36. The predicted octanol–water partition coefficient (Wildman–Crippen LogP) is 2.05. The Balaban J connectivity index is 1.80. The van der Waals surface area contributed by atoms with Crippen LogP contribution in [0.2, 0.25) is 0 Å². The van der Waals surface area contributed by atoms with Crippen LogP contribution in [0.3, 0.4) is 0 Å². The number of guanidine groups is 1. The molecule has 3 atom stereocenters. The van der Waals surface area contributed by atoms with Crippen LogP contribution in [0.15, 0.2) is 4.99 Å². The first kappa shape index (κ1) is 13.1. The number of thioether (sulfide) groups is 1. The Morgan fingerprint density at radius 3 is 2.88 bits per heavy atom. The van der Waals surface area contributed by atoms with Gasteiger partial charge in [-0.05, 0) is 24.7 Å². The maximum atomic E-state index is 4.43. The maximum Gasteiger partial charge on any atom is 0.193 e. The molecule has 4 heteroatoms. The highest BCUT2D eigenvalue weighted by molar-refractivity contribution is 8.00. The Hall–Kier alpha value is -0.380. The molecular formula is C13H25N3S. The van der Waals surface area contributed by atoms with Crippen molar-refractivity contribution in [2.45, 2.75) is 31.9 Å². The molecule has 2 fully saturated rings. The minimum Gasteiger partial charge on any atom is -0.356 e. The van der Waals surface area contributed by atoms with E-state index in [1.807, 2.05) is 7.05 Å². The van der Waals surface area contributed by atoms with Gasteiger partial charge in [-0.1, -0.05) is 13.8 Å². The Morgan fingerprint density at radius 2 is 2.29 bits per heavy atom. The fourth-order valence-corrected chi connectivity index (χ4v) is 3.58. The van der Waals surface area contributed by atoms with Gasteiger partial charge in [-0.3, -0.25) is 4.99 Å².